The van der Waals surface area contributed by atoms with Gasteiger partial charge >= 0.3 is 6.18 Å². The minimum atomic E-state index is -4.78. The van der Waals surface area contributed by atoms with Gasteiger partial charge in [0.25, 0.3) is 0 Å². The van der Waals surface area contributed by atoms with E-state index in [-0.39, 0.29) is 24.0 Å². The van der Waals surface area contributed by atoms with Gasteiger partial charge in [-0.2, -0.15) is 13.2 Å². The van der Waals surface area contributed by atoms with Crippen LogP contribution in [0.5, 0.6) is 0 Å². The van der Waals surface area contributed by atoms with Gasteiger partial charge in [0.15, 0.2) is 0 Å². The first kappa shape index (κ1) is 32.9. The molecule has 7 nitrogen and oxygen atoms in total. The van der Waals surface area contributed by atoms with Crippen LogP contribution in [-0.2, 0) is 38.8 Å². The minimum absolute atomic E-state index is 0.0565. The molecule has 1 N–H and O–H groups in total. The average molecular weight is 624 g/mol. The summed E-state index contributed by atoms with van der Waals surface area (Å²) in [5.41, 5.74) is -0.193. The Morgan fingerprint density at radius 2 is 1.52 bits per heavy atom. The monoisotopic (exact) mass is 623 g/mol. The molecule has 0 heterocycles. The number of alkyl halides is 3. The molecule has 0 saturated carbocycles. The van der Waals surface area contributed by atoms with Gasteiger partial charge in [0.2, 0.25) is 21.8 Å². The molecule has 0 bridgehead atoms. The van der Waals surface area contributed by atoms with Gasteiger partial charge in [0, 0.05) is 19.0 Å². The summed E-state index contributed by atoms with van der Waals surface area (Å²) < 4.78 is 66.8. The lowest BCUT2D eigenvalue weighted by atomic mass is 10.0. The average Bonchev–Trinajstić information content (AvgIpc) is 2.93. The van der Waals surface area contributed by atoms with E-state index in [2.05, 4.69) is 5.32 Å². The zero-order valence-electron chi connectivity index (χ0n) is 23.4. The summed E-state index contributed by atoms with van der Waals surface area (Å²) in [7, 11) is -4.30. The molecule has 0 aromatic heterocycles. The molecule has 3 rings (SSSR count). The smallest absolute Gasteiger partial charge is 0.352 e. The summed E-state index contributed by atoms with van der Waals surface area (Å²) in [6.07, 6.45) is -3.26. The molecule has 0 spiro atoms. The number of carbonyl (C=O) groups is 2. The van der Waals surface area contributed by atoms with Crippen molar-refractivity contribution in [2.24, 2.45) is 0 Å². The van der Waals surface area contributed by atoms with Crippen LogP contribution < -0.4 is 9.62 Å². The van der Waals surface area contributed by atoms with Crippen molar-refractivity contribution in [1.29, 1.82) is 0 Å². The molecule has 42 heavy (non-hydrogen) atoms. The van der Waals surface area contributed by atoms with Gasteiger partial charge in [0.05, 0.1) is 22.5 Å². The molecule has 12 heteroatoms. The summed E-state index contributed by atoms with van der Waals surface area (Å²) in [6, 6.07) is 18.8. The molecule has 0 unspecified atom stereocenters. The standard InChI is InChI=1S/C30H33ClF3N3O4S/c1-4-21(2)35-29(39)27(17-22-11-7-5-8-12-22)36(19-23-13-9-6-10-14-23)28(38)20-37(42(3,40)41)26-18-24(30(32,33)34)15-16-25(26)31/h5-16,18,21,27H,4,17,19-20H2,1-3H3,(H,35,39)/t21-,27+/m0/s1. The van der Waals surface area contributed by atoms with Crippen molar-refractivity contribution >= 4 is 39.1 Å². The Hall–Kier alpha value is -3.57. The van der Waals surface area contributed by atoms with Crippen LogP contribution >= 0.6 is 11.6 Å². The molecule has 2 amide bonds. The lowest BCUT2D eigenvalue weighted by Gasteiger charge is -2.34. The lowest BCUT2D eigenvalue weighted by molar-refractivity contribution is -0.140. The van der Waals surface area contributed by atoms with E-state index in [0.717, 1.165) is 24.0 Å². The second-order valence-corrected chi connectivity index (χ2v) is 12.3. The number of nitrogens with one attached hydrogen (secondary N) is 1. The number of benzene rings is 3. The molecule has 0 fully saturated rings. The fourth-order valence-electron chi connectivity index (χ4n) is 4.25. The Labute approximate surface area is 249 Å². The number of halogens is 4. The summed E-state index contributed by atoms with van der Waals surface area (Å²) in [6.45, 7) is 2.78. The summed E-state index contributed by atoms with van der Waals surface area (Å²) in [5, 5.41) is 2.62. The van der Waals surface area contributed by atoms with Gasteiger partial charge in [-0.15, -0.1) is 0 Å². The van der Waals surface area contributed by atoms with Crippen LogP contribution in [0.2, 0.25) is 5.02 Å². The molecule has 0 radical (unpaired) electrons. The predicted molar refractivity (Wildman–Crippen MR) is 157 cm³/mol. The van der Waals surface area contributed by atoms with Crippen LogP contribution in [0.15, 0.2) is 78.9 Å². The number of hydrogen-bond acceptors (Lipinski definition) is 4. The molecule has 3 aromatic rings. The van der Waals surface area contributed by atoms with E-state index < -0.39 is 51.9 Å². The Morgan fingerprint density at radius 3 is 2.05 bits per heavy atom. The van der Waals surface area contributed by atoms with E-state index in [1.54, 1.807) is 54.6 Å². The van der Waals surface area contributed by atoms with Crippen LogP contribution in [-0.4, -0.2) is 50.0 Å². The van der Waals surface area contributed by atoms with Crippen molar-refractivity contribution < 1.29 is 31.2 Å². The van der Waals surface area contributed by atoms with Gasteiger partial charge in [-0.25, -0.2) is 8.42 Å². The van der Waals surface area contributed by atoms with Crippen LogP contribution in [0.25, 0.3) is 0 Å². The fraction of sp³-hybridized carbons (Fsp3) is 0.333. The van der Waals surface area contributed by atoms with Gasteiger partial charge in [0.1, 0.15) is 12.6 Å². The molecular formula is C30H33ClF3N3O4S. The van der Waals surface area contributed by atoms with Gasteiger partial charge in [-0.05, 0) is 42.7 Å². The third kappa shape index (κ3) is 8.96. The SMILES string of the molecule is CC[C@H](C)NC(=O)[C@@H](Cc1ccccc1)N(Cc1ccccc1)C(=O)CN(c1cc(C(F)(F)F)ccc1Cl)S(C)(=O)=O. The van der Waals surface area contributed by atoms with Crippen molar-refractivity contribution in [1.82, 2.24) is 10.2 Å². The third-order valence-electron chi connectivity index (χ3n) is 6.69. The highest BCUT2D eigenvalue weighted by Crippen LogP contribution is 2.36. The summed E-state index contributed by atoms with van der Waals surface area (Å²) >= 11 is 6.17. The molecule has 0 saturated heterocycles. The zero-order valence-corrected chi connectivity index (χ0v) is 25.0. The summed E-state index contributed by atoms with van der Waals surface area (Å²) in [4.78, 5) is 28.9. The molecule has 3 aromatic carbocycles. The largest absolute Gasteiger partial charge is 0.416 e. The molecular weight excluding hydrogens is 591 g/mol. The van der Waals surface area contributed by atoms with Gasteiger partial charge < -0.3 is 10.2 Å². The van der Waals surface area contributed by atoms with E-state index in [1.165, 1.54) is 4.90 Å². The molecule has 0 aliphatic rings. The fourth-order valence-corrected chi connectivity index (χ4v) is 5.37. The highest BCUT2D eigenvalue weighted by molar-refractivity contribution is 7.92. The first-order valence-electron chi connectivity index (χ1n) is 13.2. The van der Waals surface area contributed by atoms with Crippen molar-refractivity contribution in [3.63, 3.8) is 0 Å². The number of anilines is 1. The van der Waals surface area contributed by atoms with Crippen molar-refractivity contribution in [3.8, 4) is 0 Å². The maximum absolute atomic E-state index is 14.0. The first-order valence-corrected chi connectivity index (χ1v) is 15.5. The van der Waals surface area contributed by atoms with Crippen LogP contribution in [0.4, 0.5) is 18.9 Å². The number of hydrogen-bond donors (Lipinski definition) is 1. The number of carbonyl (C=O) groups excluding carboxylic acids is 2. The molecule has 226 valence electrons. The quantitative estimate of drug-likeness (QED) is 0.281. The topological polar surface area (TPSA) is 86.8 Å². The molecule has 0 aliphatic heterocycles. The van der Waals surface area contributed by atoms with Crippen molar-refractivity contribution in [3.05, 3.63) is 101 Å². The number of rotatable bonds is 12. The van der Waals surface area contributed by atoms with Crippen LogP contribution in [0.1, 0.15) is 37.0 Å². The number of nitrogens with zero attached hydrogens (tertiary/aromatic N) is 2. The molecule has 0 aliphatic carbocycles. The van der Waals surface area contributed by atoms with Crippen molar-refractivity contribution in [2.75, 3.05) is 17.1 Å². The van der Waals surface area contributed by atoms with E-state index in [4.69, 9.17) is 11.6 Å². The van der Waals surface area contributed by atoms with Crippen LogP contribution in [0.3, 0.4) is 0 Å². The Bertz CT molecular complexity index is 1470. The first-order chi connectivity index (χ1) is 19.7. The second kappa shape index (κ2) is 14.1. The minimum Gasteiger partial charge on any atom is -0.352 e. The van der Waals surface area contributed by atoms with E-state index in [1.807, 2.05) is 19.9 Å². The highest BCUT2D eigenvalue weighted by atomic mass is 35.5. The van der Waals surface area contributed by atoms with E-state index in [0.29, 0.717) is 22.4 Å². The number of sulfonamides is 1. The highest BCUT2D eigenvalue weighted by Gasteiger charge is 2.36. The van der Waals surface area contributed by atoms with E-state index >= 15 is 0 Å². The van der Waals surface area contributed by atoms with Gasteiger partial charge in [-0.3, -0.25) is 13.9 Å². The van der Waals surface area contributed by atoms with Crippen LogP contribution in [0, 0.1) is 0 Å². The molecule has 2 atom stereocenters. The number of amides is 2. The lowest BCUT2D eigenvalue weighted by Crippen LogP contribution is -2.54. The van der Waals surface area contributed by atoms with Crippen molar-refractivity contribution in [2.45, 2.75) is 51.5 Å². The Balaban J connectivity index is 2.10. The maximum Gasteiger partial charge on any atom is 0.416 e. The second-order valence-electron chi connectivity index (χ2n) is 9.96. The Morgan fingerprint density at radius 1 is 0.952 bits per heavy atom. The Kier molecular flexibility index (Phi) is 11.0. The zero-order chi connectivity index (χ0) is 31.1. The third-order valence-corrected chi connectivity index (χ3v) is 8.14. The van der Waals surface area contributed by atoms with E-state index in [9.17, 15) is 31.2 Å². The normalized spacial score (nSPS) is 13.2. The predicted octanol–water partition coefficient (Wildman–Crippen LogP) is 5.68. The van der Waals surface area contributed by atoms with Gasteiger partial charge in [-0.1, -0.05) is 79.2 Å². The maximum atomic E-state index is 14.0. The summed E-state index contributed by atoms with van der Waals surface area (Å²) in [5.74, 6) is -1.24.